The van der Waals surface area contributed by atoms with Crippen LogP contribution in [0.1, 0.15) is 19.3 Å². The van der Waals surface area contributed by atoms with E-state index in [0.29, 0.717) is 19.5 Å². The number of anilines is 1. The van der Waals surface area contributed by atoms with Crippen molar-refractivity contribution in [1.29, 1.82) is 0 Å². The summed E-state index contributed by atoms with van der Waals surface area (Å²) < 4.78 is 1.19. The van der Waals surface area contributed by atoms with E-state index in [1.807, 2.05) is 18.2 Å². The van der Waals surface area contributed by atoms with Crippen molar-refractivity contribution < 1.29 is 14.7 Å². The topological polar surface area (TPSA) is 73.7 Å². The monoisotopic (exact) mass is 359 g/mol. The number of aromatic nitrogens is 1. The average Bonchev–Trinajstić information content (AvgIpc) is 3.28. The Hall–Kier alpha value is -2.15. The zero-order valence-electron chi connectivity index (χ0n) is 13.9. The second-order valence-corrected chi connectivity index (χ2v) is 7.84. The molecule has 4 rings (SSSR count). The Morgan fingerprint density at radius 3 is 2.48 bits per heavy atom. The highest BCUT2D eigenvalue weighted by molar-refractivity contribution is 7.22. The fraction of sp³-hybridized carbons (Fsp3) is 0.500. The molecule has 0 bridgehead atoms. The van der Waals surface area contributed by atoms with E-state index in [4.69, 9.17) is 10.1 Å². The molecule has 0 radical (unpaired) electrons. The van der Waals surface area contributed by atoms with Gasteiger partial charge in [-0.05, 0) is 31.4 Å². The number of aliphatic carboxylic acids is 1. The summed E-state index contributed by atoms with van der Waals surface area (Å²) in [6, 6.07) is 8.13. The summed E-state index contributed by atoms with van der Waals surface area (Å²) in [5.74, 6) is -1.04. The molecule has 6 nitrogen and oxygen atoms in total. The van der Waals surface area contributed by atoms with Crippen LogP contribution in [0.3, 0.4) is 0 Å². The summed E-state index contributed by atoms with van der Waals surface area (Å²) in [7, 11) is 0. The molecule has 2 aliphatic rings. The van der Waals surface area contributed by atoms with Crippen LogP contribution < -0.4 is 4.90 Å². The number of carbonyl (C=O) groups is 2. The van der Waals surface area contributed by atoms with Crippen molar-refractivity contribution in [3.8, 4) is 0 Å². The molecule has 3 heterocycles. The van der Waals surface area contributed by atoms with Crippen LogP contribution >= 0.6 is 11.3 Å². The minimum Gasteiger partial charge on any atom is -0.481 e. The second-order valence-electron chi connectivity index (χ2n) is 6.83. The minimum absolute atomic E-state index is 0.0122. The molecular weight excluding hydrogens is 338 g/mol. The van der Waals surface area contributed by atoms with Crippen molar-refractivity contribution in [3.63, 3.8) is 0 Å². The summed E-state index contributed by atoms with van der Waals surface area (Å²) in [4.78, 5) is 32.4. The zero-order chi connectivity index (χ0) is 17.4. The van der Waals surface area contributed by atoms with Crippen molar-refractivity contribution in [3.05, 3.63) is 24.3 Å². The van der Waals surface area contributed by atoms with Gasteiger partial charge in [0.1, 0.15) is 0 Å². The fourth-order valence-electron chi connectivity index (χ4n) is 3.73. The number of amides is 1. The summed E-state index contributed by atoms with van der Waals surface area (Å²) in [5.41, 5.74) is 1.03. The van der Waals surface area contributed by atoms with Gasteiger partial charge < -0.3 is 14.9 Å². The lowest BCUT2D eigenvalue weighted by atomic mass is 9.95. The molecule has 1 atom stereocenters. The van der Waals surface area contributed by atoms with Crippen molar-refractivity contribution in [2.45, 2.75) is 19.3 Å². The van der Waals surface area contributed by atoms with Gasteiger partial charge in [-0.3, -0.25) is 9.59 Å². The Morgan fingerprint density at radius 2 is 1.80 bits per heavy atom. The molecule has 2 aromatic rings. The number of carboxylic acid groups (broad SMARTS) is 1. The van der Waals surface area contributed by atoms with Gasteiger partial charge in [-0.2, -0.15) is 0 Å². The van der Waals surface area contributed by atoms with Crippen molar-refractivity contribution in [2.24, 2.45) is 11.8 Å². The third kappa shape index (κ3) is 3.20. The average molecular weight is 359 g/mol. The van der Waals surface area contributed by atoms with Gasteiger partial charge in [-0.1, -0.05) is 23.5 Å². The smallest absolute Gasteiger partial charge is 0.308 e. The quantitative estimate of drug-likeness (QED) is 0.911. The summed E-state index contributed by atoms with van der Waals surface area (Å²) in [6.07, 6.45) is 2.19. The number of benzene rings is 1. The number of nitrogens with zero attached hydrogens (tertiary/aromatic N) is 3. The van der Waals surface area contributed by atoms with Crippen LogP contribution in [-0.4, -0.2) is 53.0 Å². The standard InChI is InChI=1S/C18H21N3O3S/c22-16(21-10-7-13(11-21)17(23)24)12-5-8-20(9-6-12)18-19-14-3-1-2-4-15(14)25-18/h1-4,12-13H,5-11H2,(H,23,24)/t13-/m0/s1. The van der Waals surface area contributed by atoms with Crippen LogP contribution in [0.15, 0.2) is 24.3 Å². The summed E-state index contributed by atoms with van der Waals surface area (Å²) >= 11 is 1.70. The van der Waals surface area contributed by atoms with Crippen molar-refractivity contribution in [1.82, 2.24) is 9.88 Å². The molecule has 7 heteroatoms. The molecule has 0 saturated carbocycles. The van der Waals surface area contributed by atoms with Crippen molar-refractivity contribution in [2.75, 3.05) is 31.1 Å². The fourth-order valence-corrected chi connectivity index (χ4v) is 4.75. The number of carbonyl (C=O) groups excluding carboxylic acids is 1. The predicted molar refractivity (Wildman–Crippen MR) is 96.9 cm³/mol. The van der Waals surface area contributed by atoms with Crippen LogP contribution in [0, 0.1) is 11.8 Å². The SMILES string of the molecule is O=C(O)[C@H]1CCN(C(=O)C2CCN(c3nc4ccccc4s3)CC2)C1. The third-order valence-electron chi connectivity index (χ3n) is 5.25. The highest BCUT2D eigenvalue weighted by Crippen LogP contribution is 2.32. The van der Waals surface area contributed by atoms with Gasteiger partial charge in [0.2, 0.25) is 5.91 Å². The van der Waals surface area contributed by atoms with E-state index < -0.39 is 11.9 Å². The maximum Gasteiger partial charge on any atom is 0.308 e. The van der Waals surface area contributed by atoms with Gasteiger partial charge in [0.25, 0.3) is 0 Å². The molecule has 0 spiro atoms. The molecule has 132 valence electrons. The molecule has 1 N–H and O–H groups in total. The number of hydrogen-bond acceptors (Lipinski definition) is 5. The van der Waals surface area contributed by atoms with Crippen LogP contribution in [0.25, 0.3) is 10.2 Å². The van der Waals surface area contributed by atoms with Gasteiger partial charge in [0.15, 0.2) is 5.13 Å². The number of thiazole rings is 1. The molecule has 1 aromatic heterocycles. The van der Waals surface area contributed by atoms with E-state index in [-0.39, 0.29) is 11.8 Å². The van der Waals surface area contributed by atoms with Crippen LogP contribution in [0.2, 0.25) is 0 Å². The van der Waals surface area contributed by atoms with Crippen LogP contribution in [0.5, 0.6) is 0 Å². The molecular formula is C18H21N3O3S. The number of piperidine rings is 1. The second kappa shape index (κ2) is 6.63. The van der Waals surface area contributed by atoms with Crippen LogP contribution in [-0.2, 0) is 9.59 Å². The minimum atomic E-state index is -0.791. The third-order valence-corrected chi connectivity index (χ3v) is 6.34. The molecule has 1 aromatic carbocycles. The van der Waals surface area contributed by atoms with Gasteiger partial charge in [-0.15, -0.1) is 0 Å². The maximum atomic E-state index is 12.7. The number of rotatable bonds is 3. The zero-order valence-corrected chi connectivity index (χ0v) is 14.7. The first-order valence-corrected chi connectivity index (χ1v) is 9.55. The largest absolute Gasteiger partial charge is 0.481 e. The van der Waals surface area contributed by atoms with E-state index >= 15 is 0 Å². The van der Waals surface area contributed by atoms with E-state index in [9.17, 15) is 9.59 Å². The first-order valence-electron chi connectivity index (χ1n) is 8.74. The molecule has 2 fully saturated rings. The lowest BCUT2D eigenvalue weighted by molar-refractivity contribution is -0.141. The molecule has 2 aliphatic heterocycles. The Labute approximate surface area is 150 Å². The number of para-hydroxylation sites is 1. The molecule has 25 heavy (non-hydrogen) atoms. The van der Waals surface area contributed by atoms with Crippen LogP contribution in [0.4, 0.5) is 5.13 Å². The normalized spacial score (nSPS) is 21.8. The molecule has 1 amide bonds. The number of hydrogen-bond donors (Lipinski definition) is 1. The van der Waals surface area contributed by atoms with E-state index in [1.54, 1.807) is 16.2 Å². The predicted octanol–water partition coefficient (Wildman–Crippen LogP) is 2.45. The van der Waals surface area contributed by atoms with Gasteiger partial charge in [0, 0.05) is 32.1 Å². The van der Waals surface area contributed by atoms with Gasteiger partial charge >= 0.3 is 5.97 Å². The molecule has 2 saturated heterocycles. The molecule has 0 unspecified atom stereocenters. The Morgan fingerprint density at radius 1 is 1.08 bits per heavy atom. The summed E-state index contributed by atoms with van der Waals surface area (Å²) in [5, 5.41) is 10.1. The van der Waals surface area contributed by atoms with E-state index in [1.165, 1.54) is 4.70 Å². The summed E-state index contributed by atoms with van der Waals surface area (Å²) in [6.45, 7) is 2.60. The maximum absolute atomic E-state index is 12.7. The first kappa shape index (κ1) is 16.3. The highest BCUT2D eigenvalue weighted by Gasteiger charge is 2.35. The number of carboxylic acids is 1. The van der Waals surface area contributed by atoms with Crippen molar-refractivity contribution >= 4 is 38.6 Å². The number of fused-ring (bicyclic) bond motifs is 1. The lowest BCUT2D eigenvalue weighted by Crippen LogP contribution is -2.42. The Kier molecular flexibility index (Phi) is 4.33. The number of likely N-dealkylation sites (tertiary alicyclic amines) is 1. The van der Waals surface area contributed by atoms with E-state index in [2.05, 4.69) is 11.0 Å². The van der Waals surface area contributed by atoms with Gasteiger partial charge in [-0.25, -0.2) is 4.98 Å². The molecule has 0 aliphatic carbocycles. The first-order chi connectivity index (χ1) is 12.1. The Bertz CT molecular complexity index is 765. The highest BCUT2D eigenvalue weighted by atomic mass is 32.1. The lowest BCUT2D eigenvalue weighted by Gasteiger charge is -2.33. The Balaban J connectivity index is 1.36. The van der Waals surface area contributed by atoms with E-state index in [0.717, 1.165) is 36.6 Å². The van der Waals surface area contributed by atoms with Gasteiger partial charge in [0.05, 0.1) is 16.1 Å².